The summed E-state index contributed by atoms with van der Waals surface area (Å²) in [5.41, 5.74) is 0.136. The van der Waals surface area contributed by atoms with E-state index in [9.17, 15) is 9.59 Å². The van der Waals surface area contributed by atoms with Gasteiger partial charge >= 0.3 is 11.9 Å². The highest BCUT2D eigenvalue weighted by Gasteiger charge is 2.18. The van der Waals surface area contributed by atoms with E-state index < -0.39 is 11.9 Å². The Balaban J connectivity index is 1.76. The predicted molar refractivity (Wildman–Crippen MR) is 69.8 cm³/mol. The Bertz CT molecular complexity index is 457. The highest BCUT2D eigenvalue weighted by molar-refractivity contribution is 5.93. The molecule has 0 heterocycles. The van der Waals surface area contributed by atoms with E-state index in [1.807, 2.05) is 12.2 Å². The van der Waals surface area contributed by atoms with Crippen LogP contribution in [0.15, 0.2) is 35.8 Å². The number of esters is 2. The number of carbonyl (C=O) groups excluding carboxylic acids is 2. The second-order valence-electron chi connectivity index (χ2n) is 4.77. The van der Waals surface area contributed by atoms with Gasteiger partial charge in [-0.1, -0.05) is 6.58 Å². The van der Waals surface area contributed by atoms with Gasteiger partial charge in [0.1, 0.15) is 11.5 Å². The van der Waals surface area contributed by atoms with Crippen LogP contribution in [-0.2, 0) is 19.1 Å². The molecule has 0 amide bonds. The average molecular weight is 262 g/mol. The van der Waals surface area contributed by atoms with Crippen molar-refractivity contribution in [3.8, 4) is 0 Å². The normalized spacial score (nSPS) is 17.7. The Morgan fingerprint density at radius 1 is 1.05 bits per heavy atom. The van der Waals surface area contributed by atoms with Crippen molar-refractivity contribution in [2.45, 2.75) is 44.9 Å². The van der Waals surface area contributed by atoms with Crippen molar-refractivity contribution in [2.24, 2.45) is 0 Å². The van der Waals surface area contributed by atoms with Crippen molar-refractivity contribution >= 4 is 11.9 Å². The van der Waals surface area contributed by atoms with E-state index in [0.29, 0.717) is 11.5 Å². The summed E-state index contributed by atoms with van der Waals surface area (Å²) in [5, 5.41) is 0. The zero-order valence-electron chi connectivity index (χ0n) is 10.9. The highest BCUT2D eigenvalue weighted by atomic mass is 16.5. The van der Waals surface area contributed by atoms with Crippen LogP contribution in [0.5, 0.6) is 0 Å². The maximum Gasteiger partial charge on any atom is 0.339 e. The van der Waals surface area contributed by atoms with Crippen molar-refractivity contribution in [2.75, 3.05) is 0 Å². The number of carbonyl (C=O) groups is 2. The molecule has 0 bridgehead atoms. The van der Waals surface area contributed by atoms with E-state index >= 15 is 0 Å². The van der Waals surface area contributed by atoms with E-state index in [1.54, 1.807) is 0 Å². The molecule has 102 valence electrons. The van der Waals surface area contributed by atoms with Gasteiger partial charge in [-0.05, 0) is 37.8 Å². The summed E-state index contributed by atoms with van der Waals surface area (Å²) >= 11 is 0. The van der Waals surface area contributed by atoms with Gasteiger partial charge in [0.15, 0.2) is 0 Å². The molecule has 0 aliphatic heterocycles. The molecule has 4 nitrogen and oxygen atoms in total. The molecule has 0 atom stereocenters. The lowest BCUT2D eigenvalue weighted by atomic mass is 10.2. The van der Waals surface area contributed by atoms with Gasteiger partial charge in [-0.2, -0.15) is 0 Å². The zero-order chi connectivity index (χ0) is 13.7. The molecule has 0 saturated heterocycles. The van der Waals surface area contributed by atoms with Crippen LogP contribution in [0.4, 0.5) is 0 Å². The third kappa shape index (κ3) is 4.09. The molecule has 0 aromatic rings. The van der Waals surface area contributed by atoms with Gasteiger partial charge < -0.3 is 9.47 Å². The second kappa shape index (κ2) is 6.36. The van der Waals surface area contributed by atoms with Gasteiger partial charge in [0, 0.05) is 18.4 Å². The highest BCUT2D eigenvalue weighted by Crippen LogP contribution is 2.21. The summed E-state index contributed by atoms with van der Waals surface area (Å²) in [5.74, 6) is 0.392. The first kappa shape index (κ1) is 13.6. The van der Waals surface area contributed by atoms with Gasteiger partial charge in [-0.25, -0.2) is 4.79 Å². The van der Waals surface area contributed by atoms with Crippen LogP contribution in [0.2, 0.25) is 0 Å². The minimum absolute atomic E-state index is 0.122. The molecule has 2 rings (SSSR count). The third-order valence-electron chi connectivity index (χ3n) is 3.11. The van der Waals surface area contributed by atoms with Gasteiger partial charge in [0.05, 0.1) is 6.42 Å². The smallest absolute Gasteiger partial charge is 0.339 e. The fourth-order valence-corrected chi connectivity index (χ4v) is 2.09. The van der Waals surface area contributed by atoms with Crippen molar-refractivity contribution in [3.63, 3.8) is 0 Å². The molecule has 2 aliphatic carbocycles. The summed E-state index contributed by atoms with van der Waals surface area (Å²) in [4.78, 5) is 23.3. The first-order chi connectivity index (χ1) is 9.15. The van der Waals surface area contributed by atoms with Gasteiger partial charge in [0.2, 0.25) is 0 Å². The maximum absolute atomic E-state index is 11.7. The number of allylic oxidation sites excluding steroid dienone is 4. The van der Waals surface area contributed by atoms with Crippen LogP contribution >= 0.6 is 0 Å². The molecular formula is C15H18O4. The minimum atomic E-state index is -0.537. The molecular weight excluding hydrogens is 244 g/mol. The van der Waals surface area contributed by atoms with Crippen LogP contribution in [0.3, 0.4) is 0 Å². The van der Waals surface area contributed by atoms with Crippen molar-refractivity contribution in [3.05, 3.63) is 35.8 Å². The van der Waals surface area contributed by atoms with Crippen molar-refractivity contribution in [1.29, 1.82) is 0 Å². The van der Waals surface area contributed by atoms with Gasteiger partial charge in [-0.3, -0.25) is 4.79 Å². The lowest BCUT2D eigenvalue weighted by Crippen LogP contribution is -2.12. The summed E-state index contributed by atoms with van der Waals surface area (Å²) in [6.07, 6.45) is 9.14. The summed E-state index contributed by atoms with van der Waals surface area (Å²) < 4.78 is 10.3. The average Bonchev–Trinajstić information content (AvgIpc) is 3.01. The Labute approximate surface area is 112 Å². The maximum atomic E-state index is 11.7. The molecule has 0 spiro atoms. The largest absolute Gasteiger partial charge is 0.431 e. The summed E-state index contributed by atoms with van der Waals surface area (Å²) in [6, 6.07) is 0. The minimum Gasteiger partial charge on any atom is -0.431 e. The van der Waals surface area contributed by atoms with Crippen LogP contribution in [0.25, 0.3) is 0 Å². The molecule has 0 fully saturated rings. The third-order valence-corrected chi connectivity index (χ3v) is 3.11. The monoisotopic (exact) mass is 262 g/mol. The fourth-order valence-electron chi connectivity index (χ4n) is 2.09. The van der Waals surface area contributed by atoms with E-state index in [1.165, 1.54) is 0 Å². The lowest BCUT2D eigenvalue weighted by Gasteiger charge is -2.08. The summed E-state index contributed by atoms with van der Waals surface area (Å²) in [7, 11) is 0. The Morgan fingerprint density at radius 2 is 1.63 bits per heavy atom. The topological polar surface area (TPSA) is 52.6 Å². The van der Waals surface area contributed by atoms with Crippen LogP contribution in [0.1, 0.15) is 44.9 Å². The van der Waals surface area contributed by atoms with Gasteiger partial charge in [0.25, 0.3) is 0 Å². The molecule has 0 aromatic carbocycles. The quantitative estimate of drug-likeness (QED) is 0.564. The number of hydrogen-bond acceptors (Lipinski definition) is 4. The van der Waals surface area contributed by atoms with Crippen LogP contribution in [-0.4, -0.2) is 11.9 Å². The van der Waals surface area contributed by atoms with E-state index in [-0.39, 0.29) is 12.0 Å². The second-order valence-corrected chi connectivity index (χ2v) is 4.77. The molecule has 0 radical (unpaired) electrons. The van der Waals surface area contributed by atoms with Crippen LogP contribution in [0, 0.1) is 0 Å². The van der Waals surface area contributed by atoms with Crippen molar-refractivity contribution in [1.82, 2.24) is 0 Å². The van der Waals surface area contributed by atoms with Crippen LogP contribution < -0.4 is 0 Å². The molecule has 2 aliphatic rings. The molecule has 19 heavy (non-hydrogen) atoms. The first-order valence-electron chi connectivity index (χ1n) is 6.64. The number of rotatable bonds is 5. The molecule has 0 aromatic heterocycles. The number of ether oxygens (including phenoxy) is 2. The van der Waals surface area contributed by atoms with Crippen molar-refractivity contribution < 1.29 is 19.1 Å². The lowest BCUT2D eigenvalue weighted by molar-refractivity contribution is -0.142. The SMILES string of the molecule is C=C(CC(=O)OC1=CCCC1)C(=O)OC1=CCCC1. The first-order valence-corrected chi connectivity index (χ1v) is 6.64. The van der Waals surface area contributed by atoms with E-state index in [2.05, 4.69) is 6.58 Å². The fraction of sp³-hybridized carbons (Fsp3) is 0.467. The number of hydrogen-bond donors (Lipinski definition) is 0. The predicted octanol–water partition coefficient (Wildman–Crippen LogP) is 3.15. The molecule has 0 saturated carbocycles. The standard InChI is InChI=1S/C15H18O4/c1-11(15(17)19-13-8-4-5-9-13)10-14(16)18-12-6-2-3-7-12/h6,8H,1-5,7,9-10H2. The Morgan fingerprint density at radius 3 is 2.16 bits per heavy atom. The Kier molecular flexibility index (Phi) is 4.55. The molecule has 0 N–H and O–H groups in total. The molecule has 0 unspecified atom stereocenters. The van der Waals surface area contributed by atoms with Gasteiger partial charge in [-0.15, -0.1) is 0 Å². The zero-order valence-corrected chi connectivity index (χ0v) is 10.9. The Hall–Kier alpha value is -1.84. The molecule has 4 heteroatoms. The summed E-state index contributed by atoms with van der Waals surface area (Å²) in [6.45, 7) is 3.59. The van der Waals surface area contributed by atoms with E-state index in [4.69, 9.17) is 9.47 Å². The van der Waals surface area contributed by atoms with E-state index in [0.717, 1.165) is 38.5 Å².